The van der Waals surface area contributed by atoms with Crippen LogP contribution in [0.5, 0.6) is 5.75 Å². The van der Waals surface area contributed by atoms with Gasteiger partial charge in [-0.2, -0.15) is 5.10 Å². The fourth-order valence-corrected chi connectivity index (χ4v) is 2.98. The summed E-state index contributed by atoms with van der Waals surface area (Å²) in [5.41, 5.74) is 2.35. The van der Waals surface area contributed by atoms with Crippen LogP contribution in [-0.2, 0) is 13.0 Å². The predicted octanol–water partition coefficient (Wildman–Crippen LogP) is 4.53. The molecule has 0 bridgehead atoms. The molecule has 1 saturated carbocycles. The van der Waals surface area contributed by atoms with Crippen molar-refractivity contribution in [3.8, 4) is 5.75 Å². The molecule has 0 unspecified atom stereocenters. The maximum absolute atomic E-state index is 5.82. The lowest BCUT2D eigenvalue weighted by atomic mass is 9.96. The molecule has 21 heavy (non-hydrogen) atoms. The van der Waals surface area contributed by atoms with E-state index in [-0.39, 0.29) is 0 Å². The van der Waals surface area contributed by atoms with Crippen LogP contribution < -0.4 is 4.74 Å². The summed E-state index contributed by atoms with van der Waals surface area (Å²) in [6.07, 6.45) is 9.74. The van der Waals surface area contributed by atoms with Crippen LogP contribution in [0.15, 0.2) is 36.5 Å². The van der Waals surface area contributed by atoms with Gasteiger partial charge in [0.05, 0.1) is 11.7 Å². The summed E-state index contributed by atoms with van der Waals surface area (Å²) >= 11 is 0. The van der Waals surface area contributed by atoms with Gasteiger partial charge in [-0.3, -0.25) is 4.68 Å². The van der Waals surface area contributed by atoms with Gasteiger partial charge in [-0.25, -0.2) is 0 Å². The molecule has 3 nitrogen and oxygen atoms in total. The van der Waals surface area contributed by atoms with Crippen molar-refractivity contribution in [2.24, 2.45) is 0 Å². The van der Waals surface area contributed by atoms with E-state index in [1.165, 1.54) is 37.7 Å². The maximum Gasteiger partial charge on any atom is 0.132 e. The van der Waals surface area contributed by atoms with Crippen LogP contribution in [0.3, 0.4) is 0 Å². The van der Waals surface area contributed by atoms with Gasteiger partial charge in [0, 0.05) is 6.20 Å². The molecule has 1 aliphatic carbocycles. The van der Waals surface area contributed by atoms with Crippen LogP contribution in [-0.4, -0.2) is 9.78 Å². The average molecular weight is 284 g/mol. The van der Waals surface area contributed by atoms with Crippen LogP contribution in [0.2, 0.25) is 0 Å². The Hall–Kier alpha value is -1.77. The number of aryl methyl sites for hydroxylation is 1. The Morgan fingerprint density at radius 2 is 1.86 bits per heavy atom. The molecule has 0 radical (unpaired) electrons. The monoisotopic (exact) mass is 284 g/mol. The predicted molar refractivity (Wildman–Crippen MR) is 84.5 cm³/mol. The minimum Gasteiger partial charge on any atom is -0.487 e. The van der Waals surface area contributed by atoms with Crippen LogP contribution in [0.25, 0.3) is 0 Å². The minimum atomic E-state index is 0.547. The number of hydrogen-bond acceptors (Lipinski definition) is 2. The third-order valence-corrected chi connectivity index (χ3v) is 4.33. The third-order valence-electron chi connectivity index (χ3n) is 4.33. The smallest absolute Gasteiger partial charge is 0.132 e. The molecule has 0 aliphatic heterocycles. The number of rotatable bonds is 5. The quantitative estimate of drug-likeness (QED) is 0.806. The molecule has 112 valence electrons. The van der Waals surface area contributed by atoms with E-state index in [0.717, 1.165) is 17.9 Å². The average Bonchev–Trinajstić information content (AvgIpc) is 3.03. The number of hydrogen-bond donors (Lipinski definition) is 0. The zero-order valence-corrected chi connectivity index (χ0v) is 12.8. The summed E-state index contributed by atoms with van der Waals surface area (Å²) in [5.74, 6) is 0.916. The largest absolute Gasteiger partial charge is 0.487 e. The van der Waals surface area contributed by atoms with Crippen LogP contribution in [0.1, 0.15) is 56.3 Å². The zero-order valence-electron chi connectivity index (χ0n) is 12.8. The Morgan fingerprint density at radius 1 is 1.10 bits per heavy atom. The van der Waals surface area contributed by atoms with E-state index < -0.39 is 0 Å². The zero-order chi connectivity index (χ0) is 14.5. The summed E-state index contributed by atoms with van der Waals surface area (Å²) in [6, 6.07) is 11.0. The second-order valence-corrected chi connectivity index (χ2v) is 5.87. The highest BCUT2D eigenvalue weighted by atomic mass is 16.5. The Labute approximate surface area is 126 Å². The second kappa shape index (κ2) is 6.79. The van der Waals surface area contributed by atoms with Gasteiger partial charge in [-0.05, 0) is 43.0 Å². The highest BCUT2D eigenvalue weighted by Gasteiger charge is 2.15. The van der Waals surface area contributed by atoms with Crippen molar-refractivity contribution in [1.29, 1.82) is 0 Å². The van der Waals surface area contributed by atoms with Gasteiger partial charge in [0.15, 0.2) is 0 Å². The maximum atomic E-state index is 5.82. The lowest BCUT2D eigenvalue weighted by Gasteiger charge is -2.21. The molecule has 1 aromatic carbocycles. The molecule has 0 spiro atoms. The molecule has 2 aromatic rings. The van der Waals surface area contributed by atoms with E-state index in [4.69, 9.17) is 4.74 Å². The molecule has 0 atom stereocenters. The van der Waals surface area contributed by atoms with Crippen molar-refractivity contribution in [1.82, 2.24) is 9.78 Å². The van der Waals surface area contributed by atoms with Crippen LogP contribution >= 0.6 is 0 Å². The van der Waals surface area contributed by atoms with Gasteiger partial charge < -0.3 is 4.74 Å². The lowest BCUT2D eigenvalue weighted by Crippen LogP contribution is -2.13. The fourth-order valence-electron chi connectivity index (χ4n) is 2.98. The van der Waals surface area contributed by atoms with Gasteiger partial charge in [0.2, 0.25) is 0 Å². The Balaban J connectivity index is 1.56. The van der Waals surface area contributed by atoms with Crippen molar-refractivity contribution in [3.63, 3.8) is 0 Å². The number of nitrogens with zero attached hydrogens (tertiary/aromatic N) is 2. The van der Waals surface area contributed by atoms with E-state index >= 15 is 0 Å². The van der Waals surface area contributed by atoms with Crippen molar-refractivity contribution in [2.75, 3.05) is 0 Å². The first-order valence-corrected chi connectivity index (χ1v) is 8.11. The highest BCUT2D eigenvalue weighted by Crippen LogP contribution is 2.27. The molecule has 3 rings (SSSR count). The SMILES string of the molecule is CCc1ccc(OCc2ccn(C3CCCCC3)n2)cc1. The summed E-state index contributed by atoms with van der Waals surface area (Å²) in [7, 11) is 0. The van der Waals surface area contributed by atoms with E-state index in [9.17, 15) is 0 Å². The molecule has 3 heteroatoms. The summed E-state index contributed by atoms with van der Waals surface area (Å²) < 4.78 is 7.95. The second-order valence-electron chi connectivity index (χ2n) is 5.87. The van der Waals surface area contributed by atoms with Crippen LogP contribution in [0.4, 0.5) is 0 Å². The lowest BCUT2D eigenvalue weighted by molar-refractivity contribution is 0.291. The number of aromatic nitrogens is 2. The summed E-state index contributed by atoms with van der Waals surface area (Å²) in [5, 5.41) is 4.67. The first-order valence-electron chi connectivity index (χ1n) is 8.11. The van der Waals surface area contributed by atoms with E-state index in [1.807, 2.05) is 12.1 Å². The molecular weight excluding hydrogens is 260 g/mol. The van der Waals surface area contributed by atoms with E-state index in [0.29, 0.717) is 12.6 Å². The molecule has 1 fully saturated rings. The summed E-state index contributed by atoms with van der Waals surface area (Å²) in [4.78, 5) is 0. The normalized spacial score (nSPS) is 16.0. The molecule has 0 saturated heterocycles. The Morgan fingerprint density at radius 3 is 2.57 bits per heavy atom. The molecule has 1 aromatic heterocycles. The van der Waals surface area contributed by atoms with Gasteiger partial charge in [0.25, 0.3) is 0 Å². The fraction of sp³-hybridized carbons (Fsp3) is 0.500. The summed E-state index contributed by atoms with van der Waals surface area (Å²) in [6.45, 7) is 2.71. The highest BCUT2D eigenvalue weighted by molar-refractivity contribution is 5.27. The number of benzene rings is 1. The van der Waals surface area contributed by atoms with E-state index in [2.05, 4.69) is 41.1 Å². The molecular formula is C18H24N2O. The molecule has 1 aliphatic rings. The standard InChI is InChI=1S/C18H24N2O/c1-2-15-8-10-18(11-9-15)21-14-16-12-13-20(19-16)17-6-4-3-5-7-17/h8-13,17H,2-7,14H2,1H3. The van der Waals surface area contributed by atoms with Gasteiger partial charge in [-0.1, -0.05) is 38.3 Å². The minimum absolute atomic E-state index is 0.547. The molecule has 0 amide bonds. The van der Waals surface area contributed by atoms with Crippen molar-refractivity contribution < 1.29 is 4.74 Å². The van der Waals surface area contributed by atoms with Crippen LogP contribution in [0, 0.1) is 0 Å². The first kappa shape index (κ1) is 14.2. The van der Waals surface area contributed by atoms with Crippen molar-refractivity contribution in [3.05, 3.63) is 47.8 Å². The Bertz CT molecular complexity index is 553. The first-order chi connectivity index (χ1) is 10.3. The van der Waals surface area contributed by atoms with Gasteiger partial charge in [0.1, 0.15) is 12.4 Å². The van der Waals surface area contributed by atoms with Crippen molar-refractivity contribution >= 4 is 0 Å². The van der Waals surface area contributed by atoms with E-state index in [1.54, 1.807) is 0 Å². The topological polar surface area (TPSA) is 27.1 Å². The molecule has 1 heterocycles. The number of ether oxygens (including phenoxy) is 1. The van der Waals surface area contributed by atoms with Gasteiger partial charge in [-0.15, -0.1) is 0 Å². The van der Waals surface area contributed by atoms with Crippen molar-refractivity contribution in [2.45, 2.75) is 58.1 Å². The van der Waals surface area contributed by atoms with Gasteiger partial charge >= 0.3 is 0 Å². The Kier molecular flexibility index (Phi) is 4.59. The third kappa shape index (κ3) is 3.66. The molecule has 0 N–H and O–H groups in total.